The van der Waals surface area contributed by atoms with E-state index in [1.54, 1.807) is 6.07 Å². The Morgan fingerprint density at radius 1 is 1.47 bits per heavy atom. The maximum Gasteiger partial charge on any atom is 0.303 e. The molecule has 0 amide bonds. The van der Waals surface area contributed by atoms with Gasteiger partial charge in [0.1, 0.15) is 4.34 Å². The average molecular weight is 312 g/mol. The highest BCUT2D eigenvalue weighted by Gasteiger charge is 2.12. The van der Waals surface area contributed by atoms with E-state index in [1.807, 2.05) is 0 Å². The molecule has 1 rings (SSSR count). The van der Waals surface area contributed by atoms with Gasteiger partial charge in [0.25, 0.3) is 0 Å². The summed E-state index contributed by atoms with van der Waals surface area (Å²) in [7, 11) is 0. The second kappa shape index (κ2) is 5.63. The summed E-state index contributed by atoms with van der Waals surface area (Å²) in [5, 5.41) is 8.41. The molecule has 0 saturated heterocycles. The summed E-state index contributed by atoms with van der Waals surface area (Å²) in [4.78, 5) is 22.3. The van der Waals surface area contributed by atoms with Crippen molar-refractivity contribution in [2.75, 3.05) is 0 Å². The summed E-state index contributed by atoms with van der Waals surface area (Å²) < 4.78 is 1.24. The minimum Gasteiger partial charge on any atom is -0.481 e. The van der Waals surface area contributed by atoms with Crippen molar-refractivity contribution in [1.82, 2.24) is 0 Å². The highest BCUT2D eigenvalue weighted by molar-refractivity contribution is 9.10. The van der Waals surface area contributed by atoms with Crippen molar-refractivity contribution in [3.8, 4) is 0 Å². The van der Waals surface area contributed by atoms with Crippen LogP contribution in [0, 0.1) is 0 Å². The summed E-state index contributed by atoms with van der Waals surface area (Å²) in [6.07, 6.45) is 0.628. The van der Waals surface area contributed by atoms with Gasteiger partial charge in [0.2, 0.25) is 0 Å². The number of thiophene rings is 1. The van der Waals surface area contributed by atoms with Crippen molar-refractivity contribution in [3.63, 3.8) is 0 Å². The molecule has 0 radical (unpaired) electrons. The topological polar surface area (TPSA) is 54.4 Å². The average Bonchev–Trinajstić information content (AvgIpc) is 2.46. The number of carbonyl (C=O) groups excluding carboxylic acids is 1. The number of carboxylic acid groups (broad SMARTS) is 1. The van der Waals surface area contributed by atoms with Gasteiger partial charge in [-0.05, 0) is 28.4 Å². The van der Waals surface area contributed by atoms with Crippen molar-refractivity contribution in [1.29, 1.82) is 0 Å². The summed E-state index contributed by atoms with van der Waals surface area (Å²) in [5.74, 6) is -0.943. The molecule has 0 unspecified atom stereocenters. The van der Waals surface area contributed by atoms with Crippen LogP contribution >= 0.6 is 38.9 Å². The summed E-state index contributed by atoms with van der Waals surface area (Å²) in [6.45, 7) is 0. The lowest BCUT2D eigenvalue weighted by Gasteiger charge is -1.95. The van der Waals surface area contributed by atoms with E-state index in [9.17, 15) is 9.59 Å². The Balaban J connectivity index is 2.50. The van der Waals surface area contributed by atoms with Crippen LogP contribution in [0.1, 0.15) is 28.9 Å². The van der Waals surface area contributed by atoms with Gasteiger partial charge in [0.15, 0.2) is 5.78 Å². The fourth-order valence-electron chi connectivity index (χ4n) is 1.01. The lowest BCUT2D eigenvalue weighted by molar-refractivity contribution is -0.137. The van der Waals surface area contributed by atoms with Gasteiger partial charge < -0.3 is 5.11 Å². The molecule has 1 aromatic rings. The van der Waals surface area contributed by atoms with Crippen LogP contribution in [0.25, 0.3) is 0 Å². The van der Waals surface area contributed by atoms with Gasteiger partial charge >= 0.3 is 5.97 Å². The van der Waals surface area contributed by atoms with Crippen LogP contribution in [-0.2, 0) is 4.79 Å². The van der Waals surface area contributed by atoms with Gasteiger partial charge in [-0.15, -0.1) is 11.3 Å². The molecule has 0 bridgehead atoms. The van der Waals surface area contributed by atoms with Gasteiger partial charge in [-0.3, -0.25) is 9.59 Å². The van der Waals surface area contributed by atoms with Crippen LogP contribution in [0.2, 0.25) is 4.34 Å². The Bertz CT molecular complexity index is 369. The molecule has 82 valence electrons. The van der Waals surface area contributed by atoms with Crippen molar-refractivity contribution < 1.29 is 14.7 Å². The highest BCUT2D eigenvalue weighted by atomic mass is 79.9. The number of carboxylic acids is 1. The second-order valence-electron chi connectivity index (χ2n) is 2.90. The van der Waals surface area contributed by atoms with Crippen molar-refractivity contribution in [2.45, 2.75) is 19.3 Å². The smallest absolute Gasteiger partial charge is 0.303 e. The van der Waals surface area contributed by atoms with Gasteiger partial charge in [-0.25, -0.2) is 0 Å². The van der Waals surface area contributed by atoms with E-state index in [-0.39, 0.29) is 18.6 Å². The predicted molar refractivity (Wildman–Crippen MR) is 62.8 cm³/mol. The van der Waals surface area contributed by atoms with Crippen LogP contribution in [-0.4, -0.2) is 16.9 Å². The zero-order valence-corrected chi connectivity index (χ0v) is 10.8. The number of hydrogen-bond donors (Lipinski definition) is 1. The molecule has 0 spiro atoms. The van der Waals surface area contributed by atoms with Gasteiger partial charge in [0, 0.05) is 17.3 Å². The predicted octanol–water partition coefficient (Wildman–Crippen LogP) is 3.60. The first-order chi connectivity index (χ1) is 7.00. The Hall–Kier alpha value is -0.390. The van der Waals surface area contributed by atoms with Gasteiger partial charge in [0.05, 0.1) is 4.88 Å². The molecule has 15 heavy (non-hydrogen) atoms. The first-order valence-electron chi connectivity index (χ1n) is 4.20. The maximum absolute atomic E-state index is 11.5. The molecular formula is C9H8BrClO3S. The molecule has 0 aromatic carbocycles. The van der Waals surface area contributed by atoms with E-state index < -0.39 is 5.97 Å². The Labute approximate surface area is 104 Å². The Morgan fingerprint density at radius 2 is 2.13 bits per heavy atom. The molecule has 1 aromatic heterocycles. The zero-order chi connectivity index (χ0) is 11.4. The lowest BCUT2D eigenvalue weighted by Crippen LogP contribution is -1.99. The van der Waals surface area contributed by atoms with E-state index in [0.717, 1.165) is 0 Å². The number of Topliss-reactive ketones (excluding diaryl/α,β-unsaturated/α-hetero) is 1. The molecule has 0 aliphatic carbocycles. The quantitative estimate of drug-likeness (QED) is 0.845. The number of rotatable bonds is 5. The number of aliphatic carboxylic acids is 1. The molecule has 0 atom stereocenters. The lowest BCUT2D eigenvalue weighted by atomic mass is 10.1. The molecule has 3 nitrogen and oxygen atoms in total. The minimum atomic E-state index is -0.881. The standard InChI is InChI=1S/C9H8BrClO3S/c10-5-4-7(15-9(5)11)6(12)2-1-3-8(13)14/h4H,1-3H2,(H,13,14). The van der Waals surface area contributed by atoms with E-state index in [0.29, 0.717) is 20.1 Å². The summed E-state index contributed by atoms with van der Waals surface area (Å²) in [5.41, 5.74) is 0. The van der Waals surface area contributed by atoms with Gasteiger partial charge in [-0.2, -0.15) is 0 Å². The number of carbonyl (C=O) groups is 2. The second-order valence-corrected chi connectivity index (χ2v) is 5.41. The molecule has 0 fully saturated rings. The minimum absolute atomic E-state index is 0.0199. The van der Waals surface area contributed by atoms with Crippen LogP contribution in [0.15, 0.2) is 10.5 Å². The molecular weight excluding hydrogens is 304 g/mol. The SMILES string of the molecule is O=C(O)CCCC(=O)c1cc(Br)c(Cl)s1. The van der Waals surface area contributed by atoms with Crippen LogP contribution in [0.5, 0.6) is 0 Å². The van der Waals surface area contributed by atoms with Crippen molar-refractivity contribution >= 4 is 50.6 Å². The van der Waals surface area contributed by atoms with Crippen LogP contribution in [0.4, 0.5) is 0 Å². The Morgan fingerprint density at radius 3 is 2.60 bits per heavy atom. The third-order valence-corrected chi connectivity index (χ3v) is 4.23. The molecule has 0 saturated carbocycles. The van der Waals surface area contributed by atoms with E-state index in [2.05, 4.69) is 15.9 Å². The zero-order valence-electron chi connectivity index (χ0n) is 7.63. The Kier molecular flexibility index (Phi) is 4.76. The maximum atomic E-state index is 11.5. The molecule has 1 heterocycles. The van der Waals surface area contributed by atoms with Crippen LogP contribution < -0.4 is 0 Å². The normalized spacial score (nSPS) is 10.3. The van der Waals surface area contributed by atoms with Crippen LogP contribution in [0.3, 0.4) is 0 Å². The van der Waals surface area contributed by atoms with Crippen molar-refractivity contribution in [3.05, 3.63) is 19.8 Å². The summed E-state index contributed by atoms with van der Waals surface area (Å²) >= 11 is 10.2. The fourth-order valence-corrected chi connectivity index (χ4v) is 2.68. The highest BCUT2D eigenvalue weighted by Crippen LogP contribution is 2.32. The number of ketones is 1. The molecule has 6 heteroatoms. The first-order valence-corrected chi connectivity index (χ1v) is 6.19. The number of hydrogen-bond acceptors (Lipinski definition) is 3. The van der Waals surface area contributed by atoms with Crippen molar-refractivity contribution in [2.24, 2.45) is 0 Å². The van der Waals surface area contributed by atoms with E-state index >= 15 is 0 Å². The third-order valence-electron chi connectivity index (χ3n) is 1.71. The first kappa shape index (κ1) is 12.7. The van der Waals surface area contributed by atoms with E-state index in [4.69, 9.17) is 16.7 Å². The van der Waals surface area contributed by atoms with E-state index in [1.165, 1.54) is 11.3 Å². The number of halogens is 2. The fraction of sp³-hybridized carbons (Fsp3) is 0.333. The van der Waals surface area contributed by atoms with Gasteiger partial charge in [-0.1, -0.05) is 11.6 Å². The molecule has 0 aliphatic heterocycles. The monoisotopic (exact) mass is 310 g/mol. The summed E-state index contributed by atoms with van der Waals surface area (Å²) in [6, 6.07) is 1.66. The molecule has 1 N–H and O–H groups in total. The molecule has 0 aliphatic rings. The largest absolute Gasteiger partial charge is 0.481 e. The third kappa shape index (κ3) is 3.93.